The van der Waals surface area contributed by atoms with Crippen LogP contribution in [-0.4, -0.2) is 38.4 Å². The first-order valence-corrected chi connectivity index (χ1v) is 11.4. The minimum atomic E-state index is 0.317. The molecule has 1 saturated heterocycles. The maximum absolute atomic E-state index is 9.56. The predicted molar refractivity (Wildman–Crippen MR) is 126 cm³/mol. The van der Waals surface area contributed by atoms with Gasteiger partial charge in [-0.25, -0.2) is 4.98 Å². The van der Waals surface area contributed by atoms with Gasteiger partial charge in [0.2, 0.25) is 5.95 Å². The van der Waals surface area contributed by atoms with Crippen molar-refractivity contribution < 1.29 is 5.11 Å². The Morgan fingerprint density at radius 3 is 2.47 bits per heavy atom. The third-order valence-electron chi connectivity index (χ3n) is 6.58. The summed E-state index contributed by atoms with van der Waals surface area (Å²) in [6, 6.07) is 17.8. The normalized spacial score (nSPS) is 17.1. The van der Waals surface area contributed by atoms with E-state index in [4.69, 9.17) is 9.97 Å². The largest absolute Gasteiger partial charge is 0.508 e. The maximum Gasteiger partial charge on any atom is 0.227 e. The van der Waals surface area contributed by atoms with Crippen molar-refractivity contribution >= 4 is 28.5 Å². The number of anilines is 3. The number of aromatic hydroxyl groups is 1. The predicted octanol–water partition coefficient (Wildman–Crippen LogP) is 5.06. The molecule has 162 valence electrons. The number of piperidine rings is 1. The summed E-state index contributed by atoms with van der Waals surface area (Å²) in [7, 11) is 0. The number of aromatic amines is 1. The second kappa shape index (κ2) is 7.82. The molecule has 1 aliphatic heterocycles. The monoisotopic (exact) mass is 426 g/mol. The molecule has 2 aromatic carbocycles. The van der Waals surface area contributed by atoms with Crippen LogP contribution in [0.25, 0.3) is 10.9 Å². The molecule has 2 fully saturated rings. The molecule has 6 rings (SSSR count). The van der Waals surface area contributed by atoms with Gasteiger partial charge in [0, 0.05) is 30.5 Å². The number of phenols is 1. The Morgan fingerprint density at radius 1 is 0.906 bits per heavy atom. The molecule has 0 bridgehead atoms. The first kappa shape index (κ1) is 19.1. The molecule has 0 atom stereocenters. The average Bonchev–Trinajstić information content (AvgIpc) is 3.58. The SMILES string of the molecule is Oc1ccc(C2CCN(c3nc(Nc4cc(C5CC5)n[nH]4)c4ccccc4n3)CC2)cc1. The van der Waals surface area contributed by atoms with Crippen LogP contribution in [0.4, 0.5) is 17.6 Å². The van der Waals surface area contributed by atoms with E-state index in [9.17, 15) is 5.11 Å². The van der Waals surface area contributed by atoms with Crippen LogP contribution in [0.5, 0.6) is 5.75 Å². The lowest BCUT2D eigenvalue weighted by Crippen LogP contribution is -2.34. The smallest absolute Gasteiger partial charge is 0.227 e. The van der Waals surface area contributed by atoms with E-state index in [0.29, 0.717) is 17.6 Å². The first-order chi connectivity index (χ1) is 15.7. The Bertz CT molecular complexity index is 1240. The van der Waals surface area contributed by atoms with E-state index < -0.39 is 0 Å². The van der Waals surface area contributed by atoms with E-state index in [-0.39, 0.29) is 0 Å². The molecule has 0 radical (unpaired) electrons. The highest BCUT2D eigenvalue weighted by molar-refractivity contribution is 5.91. The number of nitrogens with zero attached hydrogens (tertiary/aromatic N) is 4. The van der Waals surface area contributed by atoms with Crippen LogP contribution in [0, 0.1) is 0 Å². The van der Waals surface area contributed by atoms with E-state index in [0.717, 1.165) is 60.1 Å². The molecule has 3 heterocycles. The summed E-state index contributed by atoms with van der Waals surface area (Å²) >= 11 is 0. The molecule has 4 aromatic rings. The zero-order valence-electron chi connectivity index (χ0n) is 17.8. The van der Waals surface area contributed by atoms with Crippen LogP contribution in [0.15, 0.2) is 54.6 Å². The van der Waals surface area contributed by atoms with Gasteiger partial charge in [-0.1, -0.05) is 24.3 Å². The summed E-state index contributed by atoms with van der Waals surface area (Å²) in [4.78, 5) is 12.1. The fraction of sp³-hybridized carbons (Fsp3) is 0.320. The molecule has 1 saturated carbocycles. The summed E-state index contributed by atoms with van der Waals surface area (Å²) in [6.45, 7) is 1.80. The van der Waals surface area contributed by atoms with Gasteiger partial charge in [-0.3, -0.25) is 5.10 Å². The third-order valence-corrected chi connectivity index (χ3v) is 6.58. The summed E-state index contributed by atoms with van der Waals surface area (Å²) in [5, 5.41) is 21.6. The Labute approximate surface area is 186 Å². The van der Waals surface area contributed by atoms with Crippen molar-refractivity contribution in [3.63, 3.8) is 0 Å². The van der Waals surface area contributed by atoms with Gasteiger partial charge in [0.1, 0.15) is 17.4 Å². The number of aromatic nitrogens is 4. The molecule has 1 aliphatic carbocycles. The number of phenolic OH excluding ortho intramolecular Hbond substituents is 1. The van der Waals surface area contributed by atoms with Crippen molar-refractivity contribution in [1.82, 2.24) is 20.2 Å². The van der Waals surface area contributed by atoms with Gasteiger partial charge in [0.05, 0.1) is 11.2 Å². The van der Waals surface area contributed by atoms with Crippen LogP contribution < -0.4 is 10.2 Å². The van der Waals surface area contributed by atoms with Gasteiger partial charge in [0.15, 0.2) is 0 Å². The number of para-hydroxylation sites is 1. The molecule has 2 aliphatic rings. The fourth-order valence-electron chi connectivity index (χ4n) is 4.58. The van der Waals surface area contributed by atoms with E-state index in [1.807, 2.05) is 30.3 Å². The van der Waals surface area contributed by atoms with E-state index >= 15 is 0 Å². The van der Waals surface area contributed by atoms with Gasteiger partial charge in [-0.05, 0) is 61.4 Å². The van der Waals surface area contributed by atoms with Crippen LogP contribution in [0.2, 0.25) is 0 Å². The lowest BCUT2D eigenvalue weighted by molar-refractivity contribution is 0.472. The Hall–Kier alpha value is -3.61. The van der Waals surface area contributed by atoms with Crippen molar-refractivity contribution in [2.45, 2.75) is 37.5 Å². The number of benzene rings is 2. The van der Waals surface area contributed by atoms with Crippen LogP contribution in [0.1, 0.15) is 48.8 Å². The van der Waals surface area contributed by atoms with Crippen LogP contribution in [-0.2, 0) is 0 Å². The Morgan fingerprint density at radius 2 is 1.69 bits per heavy atom. The maximum atomic E-state index is 9.56. The molecule has 0 amide bonds. The van der Waals surface area contributed by atoms with Gasteiger partial charge in [0.25, 0.3) is 0 Å². The molecule has 32 heavy (non-hydrogen) atoms. The van der Waals surface area contributed by atoms with Gasteiger partial charge in [-0.15, -0.1) is 0 Å². The first-order valence-electron chi connectivity index (χ1n) is 11.4. The highest BCUT2D eigenvalue weighted by atomic mass is 16.3. The van der Waals surface area contributed by atoms with Gasteiger partial charge >= 0.3 is 0 Å². The molecule has 2 aromatic heterocycles. The average molecular weight is 427 g/mol. The molecule has 0 spiro atoms. The summed E-state index contributed by atoms with van der Waals surface area (Å²) < 4.78 is 0. The lowest BCUT2D eigenvalue weighted by atomic mass is 9.89. The van der Waals surface area contributed by atoms with Crippen molar-refractivity contribution in [2.24, 2.45) is 0 Å². The molecule has 3 N–H and O–H groups in total. The van der Waals surface area contributed by atoms with Gasteiger partial charge in [-0.2, -0.15) is 10.1 Å². The number of H-pyrrole nitrogens is 1. The van der Waals surface area contributed by atoms with E-state index in [1.165, 1.54) is 18.4 Å². The minimum absolute atomic E-state index is 0.317. The number of hydrogen-bond donors (Lipinski definition) is 3. The Kier molecular flexibility index (Phi) is 4.67. The van der Waals surface area contributed by atoms with Crippen LogP contribution >= 0.6 is 0 Å². The lowest BCUT2D eigenvalue weighted by Gasteiger charge is -2.32. The van der Waals surface area contributed by atoms with Crippen molar-refractivity contribution in [2.75, 3.05) is 23.3 Å². The zero-order valence-corrected chi connectivity index (χ0v) is 17.8. The molecule has 7 heteroatoms. The molecular formula is C25H26N6O. The van der Waals surface area contributed by atoms with Gasteiger partial charge < -0.3 is 15.3 Å². The van der Waals surface area contributed by atoms with Crippen LogP contribution in [0.3, 0.4) is 0 Å². The third kappa shape index (κ3) is 3.75. The second-order valence-electron chi connectivity index (χ2n) is 8.85. The van der Waals surface area contributed by atoms with Crippen molar-refractivity contribution in [3.8, 4) is 5.75 Å². The highest BCUT2D eigenvalue weighted by Gasteiger charge is 2.26. The second-order valence-corrected chi connectivity index (χ2v) is 8.85. The number of hydrogen-bond acceptors (Lipinski definition) is 6. The van der Waals surface area contributed by atoms with Crippen molar-refractivity contribution in [1.29, 1.82) is 0 Å². The van der Waals surface area contributed by atoms with E-state index in [2.05, 4.69) is 32.5 Å². The number of rotatable bonds is 5. The van der Waals surface area contributed by atoms with E-state index in [1.54, 1.807) is 12.1 Å². The number of nitrogens with one attached hydrogen (secondary N) is 2. The molecule has 7 nitrogen and oxygen atoms in total. The summed E-state index contributed by atoms with van der Waals surface area (Å²) in [5.41, 5.74) is 3.35. The fourth-order valence-corrected chi connectivity index (χ4v) is 4.58. The topological polar surface area (TPSA) is 90.0 Å². The summed E-state index contributed by atoms with van der Waals surface area (Å²) in [6.07, 6.45) is 4.53. The number of fused-ring (bicyclic) bond motifs is 1. The Balaban J connectivity index is 1.25. The quantitative estimate of drug-likeness (QED) is 0.413. The molecule has 0 unspecified atom stereocenters. The molecular weight excluding hydrogens is 400 g/mol. The zero-order chi connectivity index (χ0) is 21.5. The highest BCUT2D eigenvalue weighted by Crippen LogP contribution is 2.40. The minimum Gasteiger partial charge on any atom is -0.508 e. The van der Waals surface area contributed by atoms with Crippen molar-refractivity contribution in [3.05, 3.63) is 65.9 Å². The standard InChI is InChI=1S/C25H26N6O/c32-19-9-7-16(8-10-19)17-11-13-31(14-12-17)25-26-21-4-2-1-3-20(21)24(28-25)27-23-15-22(29-30-23)18-5-6-18/h1-4,7-10,15,17-18,32H,5-6,11-14H2,(H2,26,27,28,29,30). The summed E-state index contributed by atoms with van der Waals surface area (Å²) in [5.74, 6) is 3.85.